The Bertz CT molecular complexity index is 712. The zero-order chi connectivity index (χ0) is 15.5. The number of likely N-dealkylation sites (N-methyl/N-ethyl adjacent to an activating group) is 1. The molecule has 0 amide bonds. The third kappa shape index (κ3) is 3.01. The van der Waals surface area contributed by atoms with E-state index in [0.717, 1.165) is 29.6 Å². The Labute approximate surface area is 131 Å². The lowest BCUT2D eigenvalue weighted by Crippen LogP contribution is -2.63. The van der Waals surface area contributed by atoms with Crippen LogP contribution in [0.25, 0.3) is 0 Å². The number of rotatable bonds is 3. The number of aryl methyl sites for hydroxylation is 2. The summed E-state index contributed by atoms with van der Waals surface area (Å²) in [6.45, 7) is 7.07. The second-order valence-electron chi connectivity index (χ2n) is 5.42. The van der Waals surface area contributed by atoms with Crippen LogP contribution in [0.4, 0.5) is 11.4 Å². The average Bonchev–Trinajstić information content (AvgIpc) is 2.52. The molecule has 0 aromatic heterocycles. The summed E-state index contributed by atoms with van der Waals surface area (Å²) in [5.74, 6) is 1.69. The number of aliphatic imine (C=N–C) groups is 2. The lowest BCUT2D eigenvalue weighted by atomic mass is 10.2. The number of amidine groups is 2. The van der Waals surface area contributed by atoms with E-state index >= 15 is 0 Å². The van der Waals surface area contributed by atoms with Crippen molar-refractivity contribution in [2.45, 2.75) is 20.8 Å². The zero-order valence-corrected chi connectivity index (χ0v) is 13.2. The zero-order valence-electron chi connectivity index (χ0n) is 13.2. The van der Waals surface area contributed by atoms with Gasteiger partial charge in [0.2, 0.25) is 0 Å². The van der Waals surface area contributed by atoms with Gasteiger partial charge in [0, 0.05) is 6.54 Å². The van der Waals surface area contributed by atoms with E-state index in [-0.39, 0.29) is 0 Å². The van der Waals surface area contributed by atoms with E-state index in [1.165, 1.54) is 11.1 Å². The highest BCUT2D eigenvalue weighted by Crippen LogP contribution is 2.19. The molecule has 0 radical (unpaired) electrons. The summed E-state index contributed by atoms with van der Waals surface area (Å²) in [5.41, 5.74) is 7.56. The minimum Gasteiger partial charge on any atom is -0.277 e. The number of hydrogen-bond donors (Lipinski definition) is 1. The lowest BCUT2D eigenvalue weighted by Gasteiger charge is -2.36. The molecule has 1 aliphatic rings. The predicted molar refractivity (Wildman–Crippen MR) is 92.1 cm³/mol. The first-order chi connectivity index (χ1) is 10.7. The van der Waals surface area contributed by atoms with Gasteiger partial charge in [0.25, 0.3) is 0 Å². The molecule has 1 N–H and O–H groups in total. The minimum atomic E-state index is 0.811. The van der Waals surface area contributed by atoms with Crippen LogP contribution in [0.15, 0.2) is 58.5 Å². The van der Waals surface area contributed by atoms with E-state index in [1.807, 2.05) is 29.3 Å². The largest absolute Gasteiger partial charge is 0.277 e. The van der Waals surface area contributed by atoms with Gasteiger partial charge in [-0.3, -0.25) is 10.4 Å². The summed E-state index contributed by atoms with van der Waals surface area (Å²) in [6, 6.07) is 16.3. The van der Waals surface area contributed by atoms with Crippen LogP contribution in [0.3, 0.4) is 0 Å². The van der Waals surface area contributed by atoms with E-state index < -0.39 is 0 Å². The number of hydrazine groups is 1. The van der Waals surface area contributed by atoms with Crippen LogP contribution >= 0.6 is 0 Å². The monoisotopic (exact) mass is 292 g/mol. The van der Waals surface area contributed by atoms with Gasteiger partial charge >= 0.3 is 0 Å². The lowest BCUT2D eigenvalue weighted by molar-refractivity contribution is 0.366. The van der Waals surface area contributed by atoms with Crippen LogP contribution in [0.2, 0.25) is 0 Å². The molecule has 0 bridgehead atoms. The van der Waals surface area contributed by atoms with Crippen molar-refractivity contribution < 1.29 is 0 Å². The van der Waals surface area contributed by atoms with Gasteiger partial charge in [-0.2, -0.15) is 0 Å². The first kappa shape index (κ1) is 14.3. The topological polar surface area (TPSA) is 40.0 Å². The van der Waals surface area contributed by atoms with Gasteiger partial charge in [0.05, 0.1) is 11.4 Å². The molecule has 2 aromatic carbocycles. The summed E-state index contributed by atoms with van der Waals surface area (Å²) in [5, 5.41) is 1.99. The van der Waals surface area contributed by atoms with Crippen LogP contribution in [-0.2, 0) is 0 Å². The summed E-state index contributed by atoms with van der Waals surface area (Å²) in [7, 11) is 0. The van der Waals surface area contributed by atoms with Crippen molar-refractivity contribution in [1.82, 2.24) is 10.4 Å². The summed E-state index contributed by atoms with van der Waals surface area (Å²) < 4.78 is 0. The standard InChI is InChI=1S/C18H20N4/c1-4-22-18(20-16-11-7-14(3)8-12-16)17(21-22)19-15-9-5-13(2)6-10-15/h5-12H,4H2,1-3H3,(H,19,21). The van der Waals surface area contributed by atoms with Gasteiger partial charge in [-0.15, -0.1) is 0 Å². The Balaban J connectivity index is 1.88. The Morgan fingerprint density at radius 2 is 1.32 bits per heavy atom. The fourth-order valence-corrected chi connectivity index (χ4v) is 2.21. The molecule has 1 heterocycles. The first-order valence-corrected chi connectivity index (χ1v) is 7.51. The molecule has 1 aliphatic heterocycles. The van der Waals surface area contributed by atoms with Crippen molar-refractivity contribution in [1.29, 1.82) is 0 Å². The number of nitrogens with zero attached hydrogens (tertiary/aromatic N) is 3. The van der Waals surface area contributed by atoms with Gasteiger partial charge in [-0.25, -0.2) is 9.98 Å². The SMILES string of the molecule is CCN1NC(=Nc2ccc(C)cc2)C1=Nc1ccc(C)cc1. The molecule has 1 fully saturated rings. The van der Waals surface area contributed by atoms with Crippen molar-refractivity contribution in [3.8, 4) is 0 Å². The molecule has 2 aromatic rings. The van der Waals surface area contributed by atoms with Gasteiger partial charge in [0.15, 0.2) is 11.7 Å². The van der Waals surface area contributed by atoms with Crippen LogP contribution in [0, 0.1) is 13.8 Å². The third-order valence-corrected chi connectivity index (χ3v) is 3.57. The molecule has 1 saturated heterocycles. The maximum atomic E-state index is 4.70. The van der Waals surface area contributed by atoms with Gasteiger partial charge < -0.3 is 0 Å². The number of hydrogen-bond acceptors (Lipinski definition) is 2. The highest BCUT2D eigenvalue weighted by Gasteiger charge is 2.28. The smallest absolute Gasteiger partial charge is 0.192 e. The quantitative estimate of drug-likeness (QED) is 0.932. The molecule has 0 spiro atoms. The minimum absolute atomic E-state index is 0.811. The van der Waals surface area contributed by atoms with Gasteiger partial charge in [-0.1, -0.05) is 35.4 Å². The van der Waals surface area contributed by atoms with Crippen molar-refractivity contribution in [3.63, 3.8) is 0 Å². The van der Waals surface area contributed by atoms with E-state index in [9.17, 15) is 0 Å². The molecule has 0 saturated carbocycles. The summed E-state index contributed by atoms with van der Waals surface area (Å²) in [4.78, 5) is 9.33. The van der Waals surface area contributed by atoms with Gasteiger partial charge in [0.1, 0.15) is 0 Å². The molecule has 0 atom stereocenters. The molecular weight excluding hydrogens is 272 g/mol. The summed E-state index contributed by atoms with van der Waals surface area (Å²) in [6.07, 6.45) is 0. The molecular formula is C18H20N4. The molecule has 0 aliphatic carbocycles. The fraction of sp³-hybridized carbons (Fsp3) is 0.222. The van der Waals surface area contributed by atoms with Crippen LogP contribution < -0.4 is 5.43 Å². The third-order valence-electron chi connectivity index (χ3n) is 3.57. The van der Waals surface area contributed by atoms with Gasteiger partial charge in [-0.05, 0) is 45.0 Å². The maximum absolute atomic E-state index is 4.70. The second kappa shape index (κ2) is 6.02. The van der Waals surface area contributed by atoms with Crippen molar-refractivity contribution in [3.05, 3.63) is 59.7 Å². The normalized spacial score (nSPS) is 17.5. The summed E-state index contributed by atoms with van der Waals surface area (Å²) >= 11 is 0. The highest BCUT2D eigenvalue weighted by atomic mass is 15.6. The van der Waals surface area contributed by atoms with E-state index in [4.69, 9.17) is 4.99 Å². The van der Waals surface area contributed by atoms with Crippen molar-refractivity contribution in [2.24, 2.45) is 9.98 Å². The van der Waals surface area contributed by atoms with Crippen LogP contribution in [0.1, 0.15) is 18.1 Å². The predicted octanol–water partition coefficient (Wildman–Crippen LogP) is 3.90. The fourth-order valence-electron chi connectivity index (χ4n) is 2.21. The van der Waals surface area contributed by atoms with Crippen molar-refractivity contribution >= 4 is 23.0 Å². The van der Waals surface area contributed by atoms with E-state index in [2.05, 4.69) is 55.5 Å². The molecule has 3 rings (SSSR count). The van der Waals surface area contributed by atoms with E-state index in [0.29, 0.717) is 0 Å². The average molecular weight is 292 g/mol. The van der Waals surface area contributed by atoms with Crippen molar-refractivity contribution in [2.75, 3.05) is 6.54 Å². The Morgan fingerprint density at radius 1 is 0.818 bits per heavy atom. The molecule has 0 unspecified atom stereocenters. The second-order valence-corrected chi connectivity index (χ2v) is 5.42. The van der Waals surface area contributed by atoms with Crippen LogP contribution in [0.5, 0.6) is 0 Å². The maximum Gasteiger partial charge on any atom is 0.192 e. The van der Waals surface area contributed by atoms with E-state index in [1.54, 1.807) is 0 Å². The number of benzene rings is 2. The van der Waals surface area contributed by atoms with Crippen LogP contribution in [-0.4, -0.2) is 23.2 Å². The Hall–Kier alpha value is -2.62. The first-order valence-electron chi connectivity index (χ1n) is 7.51. The Kier molecular flexibility index (Phi) is 3.92. The number of nitrogens with one attached hydrogen (secondary N) is 1. The Morgan fingerprint density at radius 3 is 1.82 bits per heavy atom. The highest BCUT2D eigenvalue weighted by molar-refractivity contribution is 6.46. The molecule has 22 heavy (non-hydrogen) atoms. The molecule has 4 nitrogen and oxygen atoms in total. The molecule has 4 heteroatoms. The molecule has 112 valence electrons.